The zero-order valence-electron chi connectivity index (χ0n) is 6.84. The predicted molar refractivity (Wildman–Crippen MR) is 62.1 cm³/mol. The second-order valence-corrected chi connectivity index (χ2v) is 3.29. The maximum Gasteiger partial charge on any atom is 0.0256 e. The summed E-state index contributed by atoms with van der Waals surface area (Å²) in [6, 6.07) is 6.10. The van der Waals surface area contributed by atoms with E-state index in [-0.39, 0.29) is 0 Å². The third-order valence-electron chi connectivity index (χ3n) is 1.64. The lowest BCUT2D eigenvalue weighted by Gasteiger charge is -2.00. The van der Waals surface area contributed by atoms with Crippen LogP contribution in [0, 0.1) is 12.3 Å². The monoisotopic (exact) mass is 271 g/mol. The molecule has 0 saturated heterocycles. The Hall–Kier alpha value is -0.640. The van der Waals surface area contributed by atoms with E-state index in [1.165, 1.54) is 11.8 Å². The van der Waals surface area contributed by atoms with E-state index in [4.69, 9.17) is 5.41 Å². The van der Waals surface area contributed by atoms with Crippen LogP contribution in [-0.2, 0) is 0 Å². The van der Waals surface area contributed by atoms with Crippen LogP contribution in [-0.4, -0.2) is 6.21 Å². The molecule has 0 aliphatic heterocycles. The summed E-state index contributed by atoms with van der Waals surface area (Å²) in [5, 5.41) is 7.20. The quantitative estimate of drug-likeness (QED) is 0.629. The van der Waals surface area contributed by atoms with Crippen LogP contribution in [0.5, 0.6) is 0 Å². The van der Waals surface area contributed by atoms with Gasteiger partial charge in [0.1, 0.15) is 0 Å². The van der Waals surface area contributed by atoms with Crippen LogP contribution in [0.15, 0.2) is 22.3 Å². The van der Waals surface area contributed by atoms with Crippen molar-refractivity contribution in [2.75, 3.05) is 0 Å². The highest BCUT2D eigenvalue weighted by Gasteiger charge is 1.95. The van der Waals surface area contributed by atoms with Crippen LogP contribution >= 0.6 is 22.6 Å². The van der Waals surface area contributed by atoms with E-state index in [1.807, 2.05) is 29.2 Å². The smallest absolute Gasteiger partial charge is 0.0256 e. The first kappa shape index (κ1) is 9.45. The predicted octanol–water partition coefficient (Wildman–Crippen LogP) is 3.40. The second kappa shape index (κ2) is 4.40. The highest BCUT2D eigenvalue weighted by atomic mass is 127. The lowest BCUT2D eigenvalue weighted by molar-refractivity contribution is 1.43. The third kappa shape index (κ3) is 2.17. The minimum Gasteiger partial charge on any atom is -0.308 e. The van der Waals surface area contributed by atoms with Gasteiger partial charge in [0.25, 0.3) is 0 Å². The highest BCUT2D eigenvalue weighted by molar-refractivity contribution is 14.1. The van der Waals surface area contributed by atoms with Crippen molar-refractivity contribution in [3.05, 3.63) is 39.0 Å². The van der Waals surface area contributed by atoms with Gasteiger partial charge in [-0.1, -0.05) is 40.3 Å². The van der Waals surface area contributed by atoms with Crippen LogP contribution in [0.3, 0.4) is 0 Å². The zero-order valence-corrected chi connectivity index (χ0v) is 9.00. The Bertz CT molecular complexity index is 316. The molecule has 62 valence electrons. The largest absolute Gasteiger partial charge is 0.308 e. The van der Waals surface area contributed by atoms with Crippen molar-refractivity contribution >= 4 is 34.9 Å². The number of rotatable bonds is 2. The first-order valence-corrected chi connectivity index (χ1v) is 4.90. The lowest BCUT2D eigenvalue weighted by atomic mass is 10.1. The summed E-state index contributed by atoms with van der Waals surface area (Å²) in [5.41, 5.74) is 3.27. The Balaban J connectivity index is 3.19. The summed E-state index contributed by atoms with van der Waals surface area (Å²) in [5.74, 6) is 0. The molecule has 0 heterocycles. The first-order chi connectivity index (χ1) is 5.77. The van der Waals surface area contributed by atoms with Crippen molar-refractivity contribution in [2.45, 2.75) is 6.92 Å². The molecule has 0 aromatic heterocycles. The number of hydrogen-bond donors (Lipinski definition) is 1. The molecule has 0 aliphatic carbocycles. The van der Waals surface area contributed by atoms with E-state index in [9.17, 15) is 0 Å². The van der Waals surface area contributed by atoms with Gasteiger partial charge in [-0.3, -0.25) is 0 Å². The van der Waals surface area contributed by atoms with Crippen molar-refractivity contribution < 1.29 is 0 Å². The van der Waals surface area contributed by atoms with Gasteiger partial charge >= 0.3 is 0 Å². The Kier molecular flexibility index (Phi) is 3.47. The maximum absolute atomic E-state index is 7.20. The molecule has 0 atom stereocenters. The Morgan fingerprint density at radius 2 is 2.08 bits per heavy atom. The molecule has 1 aromatic rings. The van der Waals surface area contributed by atoms with Gasteiger partial charge in [-0.2, -0.15) is 0 Å². The number of halogens is 1. The Morgan fingerprint density at radius 3 is 2.67 bits per heavy atom. The Labute approximate surface area is 86.1 Å². The third-order valence-corrected chi connectivity index (χ3v) is 2.00. The number of hydrogen-bond acceptors (Lipinski definition) is 1. The van der Waals surface area contributed by atoms with Crippen molar-refractivity contribution in [3.63, 3.8) is 0 Å². The minimum atomic E-state index is 0.975. The molecule has 1 aromatic carbocycles. The van der Waals surface area contributed by atoms with Crippen LogP contribution < -0.4 is 0 Å². The van der Waals surface area contributed by atoms with E-state index >= 15 is 0 Å². The molecule has 12 heavy (non-hydrogen) atoms. The molecule has 0 unspecified atom stereocenters. The second-order valence-electron chi connectivity index (χ2n) is 2.57. The number of aryl methyl sites for hydroxylation is 1. The zero-order chi connectivity index (χ0) is 8.97. The van der Waals surface area contributed by atoms with Crippen LogP contribution in [0.1, 0.15) is 16.7 Å². The fraction of sp³-hybridized carbons (Fsp3) is 0.100. The molecular weight excluding hydrogens is 261 g/mol. The van der Waals surface area contributed by atoms with Gasteiger partial charge in [-0.25, -0.2) is 0 Å². The Morgan fingerprint density at radius 1 is 1.33 bits per heavy atom. The molecule has 1 N–H and O–H groups in total. The van der Waals surface area contributed by atoms with E-state index in [0.717, 1.165) is 11.1 Å². The topological polar surface area (TPSA) is 23.9 Å². The molecule has 1 rings (SSSR count). The van der Waals surface area contributed by atoms with Crippen LogP contribution in [0.4, 0.5) is 0 Å². The normalized spacial score (nSPS) is 10.5. The summed E-state index contributed by atoms with van der Waals surface area (Å²) in [4.78, 5) is 0. The fourth-order valence-electron chi connectivity index (χ4n) is 1.04. The maximum atomic E-state index is 7.20. The van der Waals surface area contributed by atoms with E-state index in [2.05, 4.69) is 28.7 Å². The average Bonchev–Trinajstić information content (AvgIpc) is 2.08. The molecule has 0 fully saturated rings. The van der Waals surface area contributed by atoms with Crippen LogP contribution in [0.25, 0.3) is 6.08 Å². The van der Waals surface area contributed by atoms with Crippen LogP contribution in [0.2, 0.25) is 0 Å². The van der Waals surface area contributed by atoms with Gasteiger partial charge in [0.2, 0.25) is 0 Å². The first-order valence-electron chi connectivity index (χ1n) is 3.66. The fourth-order valence-corrected chi connectivity index (χ4v) is 1.43. The van der Waals surface area contributed by atoms with Gasteiger partial charge in [-0.15, -0.1) is 0 Å². The highest BCUT2D eigenvalue weighted by Crippen LogP contribution is 2.12. The van der Waals surface area contributed by atoms with Gasteiger partial charge in [0, 0.05) is 6.21 Å². The van der Waals surface area contributed by atoms with E-state index < -0.39 is 0 Å². The molecule has 0 amide bonds. The van der Waals surface area contributed by atoms with Gasteiger partial charge < -0.3 is 5.41 Å². The lowest BCUT2D eigenvalue weighted by Crippen LogP contribution is -1.86. The minimum absolute atomic E-state index is 0.975. The SMILES string of the molecule is Cc1ccc(/C=C\I)c(C=N)c1. The number of benzene rings is 1. The molecular formula is C10H10IN. The number of nitrogens with one attached hydrogen (secondary N) is 1. The van der Waals surface area contributed by atoms with Gasteiger partial charge in [0.05, 0.1) is 0 Å². The average molecular weight is 271 g/mol. The standard InChI is InChI=1S/C10H10IN/c1-8-2-3-9(4-5-11)10(6-8)7-12/h2-7,12H,1H3/b5-4-,12-7?. The molecule has 0 saturated carbocycles. The molecule has 1 nitrogen and oxygen atoms in total. The molecule has 2 heteroatoms. The van der Waals surface area contributed by atoms with Gasteiger partial charge in [0.15, 0.2) is 0 Å². The summed E-state index contributed by atoms with van der Waals surface area (Å²) >= 11 is 2.18. The van der Waals surface area contributed by atoms with E-state index in [0.29, 0.717) is 0 Å². The molecule has 0 bridgehead atoms. The van der Waals surface area contributed by atoms with Crippen molar-refractivity contribution in [1.29, 1.82) is 5.41 Å². The van der Waals surface area contributed by atoms with E-state index in [1.54, 1.807) is 0 Å². The van der Waals surface area contributed by atoms with Gasteiger partial charge in [-0.05, 0) is 34.3 Å². The van der Waals surface area contributed by atoms with Crippen molar-refractivity contribution in [1.82, 2.24) is 0 Å². The van der Waals surface area contributed by atoms with Crippen molar-refractivity contribution in [2.24, 2.45) is 0 Å². The summed E-state index contributed by atoms with van der Waals surface area (Å²) in [6.07, 6.45) is 3.39. The summed E-state index contributed by atoms with van der Waals surface area (Å²) in [7, 11) is 0. The summed E-state index contributed by atoms with van der Waals surface area (Å²) in [6.45, 7) is 2.03. The van der Waals surface area contributed by atoms with Crippen molar-refractivity contribution in [3.8, 4) is 0 Å². The molecule has 0 radical (unpaired) electrons. The molecule has 0 aliphatic rings. The molecule has 0 spiro atoms. The summed E-state index contributed by atoms with van der Waals surface area (Å²) < 4.78 is 1.95.